The normalized spacial score (nSPS) is 13.5. The smallest absolute Gasteiger partial charge is 0.350 e. The molecule has 1 unspecified atom stereocenters. The van der Waals surface area contributed by atoms with Crippen molar-refractivity contribution in [3.63, 3.8) is 0 Å². The number of carbonyl (C=O) groups is 1. The number of halogens is 1. The molecule has 0 bridgehead atoms. The summed E-state index contributed by atoms with van der Waals surface area (Å²) in [6.07, 6.45) is 0. The predicted octanol–water partition coefficient (Wildman–Crippen LogP) is 2.69. The van der Waals surface area contributed by atoms with E-state index in [0.29, 0.717) is 23.1 Å². The highest BCUT2D eigenvalue weighted by Crippen LogP contribution is 2.24. The van der Waals surface area contributed by atoms with Crippen LogP contribution in [0.25, 0.3) is 0 Å². The van der Waals surface area contributed by atoms with Crippen molar-refractivity contribution in [2.75, 3.05) is 26.0 Å². The molecule has 0 aliphatic rings. The number of thiazole rings is 1. The third-order valence-corrected chi connectivity index (χ3v) is 7.75. The van der Waals surface area contributed by atoms with E-state index >= 15 is 0 Å². The van der Waals surface area contributed by atoms with Gasteiger partial charge in [-0.3, -0.25) is 4.99 Å². The molecule has 28 heavy (non-hydrogen) atoms. The second-order valence-corrected chi connectivity index (χ2v) is 10.9. The molecule has 0 fully saturated rings. The van der Waals surface area contributed by atoms with E-state index in [-0.39, 0.29) is 48.3 Å². The molecule has 1 heterocycles. The van der Waals surface area contributed by atoms with Crippen molar-refractivity contribution in [3.8, 4) is 0 Å². The largest absolute Gasteiger partial charge is 0.462 e. The van der Waals surface area contributed by atoms with Gasteiger partial charge < -0.3 is 15.4 Å². The number of sulfone groups is 1. The fourth-order valence-electron chi connectivity index (χ4n) is 2.06. The molecule has 1 rings (SSSR count). The van der Waals surface area contributed by atoms with E-state index in [1.54, 1.807) is 41.7 Å². The van der Waals surface area contributed by atoms with Crippen molar-refractivity contribution in [2.45, 2.75) is 52.3 Å². The van der Waals surface area contributed by atoms with Crippen LogP contribution in [0.5, 0.6) is 0 Å². The lowest BCUT2D eigenvalue weighted by Crippen LogP contribution is -2.42. The summed E-state index contributed by atoms with van der Waals surface area (Å²) in [6.45, 7) is 11.0. The maximum atomic E-state index is 12.2. The van der Waals surface area contributed by atoms with E-state index in [0.717, 1.165) is 5.01 Å². The second-order valence-electron chi connectivity index (χ2n) is 6.98. The maximum absolute atomic E-state index is 12.2. The number of nitrogens with zero attached hydrogens (tertiary/aromatic N) is 2. The highest BCUT2D eigenvalue weighted by molar-refractivity contribution is 14.0. The van der Waals surface area contributed by atoms with Gasteiger partial charge in [-0.25, -0.2) is 18.2 Å². The Morgan fingerprint density at radius 3 is 2.46 bits per heavy atom. The molecular formula is C17H31IN4O4S2. The fraction of sp³-hybridized carbons (Fsp3) is 0.706. The van der Waals surface area contributed by atoms with Crippen molar-refractivity contribution >= 4 is 57.1 Å². The number of hydrogen-bond donors (Lipinski definition) is 2. The topological polar surface area (TPSA) is 110 Å². The Bertz CT molecular complexity index is 786. The van der Waals surface area contributed by atoms with Gasteiger partial charge in [0.2, 0.25) is 0 Å². The van der Waals surface area contributed by atoms with Crippen LogP contribution in [0.1, 0.15) is 61.0 Å². The molecule has 8 nitrogen and oxygen atoms in total. The van der Waals surface area contributed by atoms with Crippen molar-refractivity contribution in [2.24, 2.45) is 4.99 Å². The van der Waals surface area contributed by atoms with E-state index in [9.17, 15) is 13.2 Å². The number of esters is 1. The molecule has 0 aliphatic heterocycles. The molecule has 0 amide bonds. The lowest BCUT2D eigenvalue weighted by molar-refractivity contribution is 0.0531. The van der Waals surface area contributed by atoms with Crippen LogP contribution in [0, 0.1) is 6.92 Å². The zero-order chi connectivity index (χ0) is 20.8. The zero-order valence-electron chi connectivity index (χ0n) is 17.5. The number of ether oxygens (including phenoxy) is 1. The Morgan fingerprint density at radius 1 is 1.36 bits per heavy atom. The third kappa shape index (κ3) is 7.47. The number of hydrogen-bond acceptors (Lipinski definition) is 7. The second kappa shape index (κ2) is 11.3. The molecule has 0 radical (unpaired) electrons. The molecule has 2 N–H and O–H groups in total. The predicted molar refractivity (Wildman–Crippen MR) is 125 cm³/mol. The van der Waals surface area contributed by atoms with Crippen LogP contribution >= 0.6 is 35.3 Å². The number of rotatable bonds is 7. The highest BCUT2D eigenvalue weighted by Gasteiger charge is 2.28. The first kappa shape index (κ1) is 27.0. The number of nitrogens with one attached hydrogen (secondary N) is 2. The minimum Gasteiger partial charge on any atom is -0.462 e. The standard InChI is InChI=1S/C17H30N4O4S2.HI/c1-8-25-15(22)13-11(2)20-14(26-13)12(3)21-16(18-7)19-9-10-27(23,24)17(4,5)6;/h12H,8-10H2,1-7H3,(H2,18,19,21);1H. The highest BCUT2D eigenvalue weighted by atomic mass is 127. The van der Waals surface area contributed by atoms with Crippen molar-refractivity contribution in [1.29, 1.82) is 0 Å². The van der Waals surface area contributed by atoms with Gasteiger partial charge in [-0.1, -0.05) is 0 Å². The van der Waals surface area contributed by atoms with Gasteiger partial charge in [-0.15, -0.1) is 35.3 Å². The molecule has 0 aromatic carbocycles. The first-order chi connectivity index (χ1) is 12.4. The summed E-state index contributed by atoms with van der Waals surface area (Å²) in [6, 6.07) is -0.206. The van der Waals surface area contributed by atoms with Gasteiger partial charge in [0, 0.05) is 13.6 Å². The number of guanidine groups is 1. The summed E-state index contributed by atoms with van der Waals surface area (Å²) in [5.74, 6) is 0.104. The Kier molecular flexibility index (Phi) is 10.9. The molecule has 1 aromatic heterocycles. The number of aryl methyl sites for hydroxylation is 1. The van der Waals surface area contributed by atoms with Gasteiger partial charge in [-0.2, -0.15) is 0 Å². The van der Waals surface area contributed by atoms with Gasteiger partial charge in [0.15, 0.2) is 15.8 Å². The number of aliphatic imine (C=N–C) groups is 1. The van der Waals surface area contributed by atoms with Crippen LogP contribution in [0.3, 0.4) is 0 Å². The third-order valence-electron chi connectivity index (χ3n) is 3.82. The van der Waals surface area contributed by atoms with Crippen molar-refractivity contribution in [3.05, 3.63) is 15.6 Å². The van der Waals surface area contributed by atoms with Crippen LogP contribution < -0.4 is 10.6 Å². The minimum absolute atomic E-state index is 0. The van der Waals surface area contributed by atoms with Gasteiger partial charge >= 0.3 is 5.97 Å². The van der Waals surface area contributed by atoms with E-state index in [1.165, 1.54) is 11.3 Å². The van der Waals surface area contributed by atoms with Crippen LogP contribution in [0.4, 0.5) is 0 Å². The molecular weight excluding hydrogens is 515 g/mol. The first-order valence-corrected chi connectivity index (χ1v) is 11.2. The summed E-state index contributed by atoms with van der Waals surface area (Å²) in [5, 5.41) is 6.89. The molecule has 11 heteroatoms. The first-order valence-electron chi connectivity index (χ1n) is 8.76. The molecule has 0 spiro atoms. The van der Waals surface area contributed by atoms with E-state index < -0.39 is 14.6 Å². The Morgan fingerprint density at radius 2 is 1.96 bits per heavy atom. The molecule has 0 aliphatic carbocycles. The van der Waals surface area contributed by atoms with E-state index in [1.807, 2.05) is 6.92 Å². The van der Waals surface area contributed by atoms with Crippen LogP contribution in [0.2, 0.25) is 0 Å². The van der Waals surface area contributed by atoms with Gasteiger partial charge in [0.25, 0.3) is 0 Å². The molecule has 0 saturated carbocycles. The average Bonchev–Trinajstić information content (AvgIpc) is 2.95. The van der Waals surface area contributed by atoms with Crippen LogP contribution in [-0.2, 0) is 14.6 Å². The van der Waals surface area contributed by atoms with Crippen LogP contribution in [0.15, 0.2) is 4.99 Å². The number of carbonyl (C=O) groups excluding carboxylic acids is 1. The maximum Gasteiger partial charge on any atom is 0.350 e. The van der Waals surface area contributed by atoms with Crippen LogP contribution in [-0.4, -0.2) is 56.0 Å². The lowest BCUT2D eigenvalue weighted by Gasteiger charge is -2.20. The fourth-order valence-corrected chi connectivity index (χ4v) is 4.01. The lowest BCUT2D eigenvalue weighted by atomic mass is 10.3. The Hall–Kier alpha value is -0.950. The van der Waals surface area contributed by atoms with Gasteiger partial charge in [0.05, 0.1) is 28.8 Å². The Balaban J connectivity index is 0.00000729. The van der Waals surface area contributed by atoms with Crippen molar-refractivity contribution < 1.29 is 17.9 Å². The SMILES string of the molecule is CCOC(=O)c1sc(C(C)NC(=NC)NCCS(=O)(=O)C(C)(C)C)nc1C.I. The summed E-state index contributed by atoms with van der Waals surface area (Å²) in [5.41, 5.74) is 0.626. The number of aromatic nitrogens is 1. The van der Waals surface area contributed by atoms with E-state index in [4.69, 9.17) is 4.74 Å². The molecule has 1 atom stereocenters. The molecule has 0 saturated heterocycles. The summed E-state index contributed by atoms with van der Waals surface area (Å²) < 4.78 is 28.6. The average molecular weight is 546 g/mol. The van der Waals surface area contributed by atoms with Gasteiger partial charge in [0.1, 0.15) is 9.88 Å². The quantitative estimate of drug-likeness (QED) is 0.234. The molecule has 1 aromatic rings. The zero-order valence-corrected chi connectivity index (χ0v) is 21.4. The summed E-state index contributed by atoms with van der Waals surface area (Å²) in [7, 11) is -1.60. The summed E-state index contributed by atoms with van der Waals surface area (Å²) >= 11 is 1.27. The monoisotopic (exact) mass is 546 g/mol. The molecule has 162 valence electrons. The van der Waals surface area contributed by atoms with Gasteiger partial charge in [-0.05, 0) is 41.5 Å². The van der Waals surface area contributed by atoms with Crippen molar-refractivity contribution in [1.82, 2.24) is 15.6 Å². The van der Waals surface area contributed by atoms with E-state index in [2.05, 4.69) is 20.6 Å². The summed E-state index contributed by atoms with van der Waals surface area (Å²) in [4.78, 5) is 21.0. The Labute approximate surface area is 188 Å². The minimum atomic E-state index is -3.21.